The van der Waals surface area contributed by atoms with Crippen molar-refractivity contribution in [2.75, 3.05) is 12.0 Å². The van der Waals surface area contributed by atoms with Crippen LogP contribution >= 0.6 is 23.2 Å². The van der Waals surface area contributed by atoms with Gasteiger partial charge in [-0.05, 0) is 48.2 Å². The van der Waals surface area contributed by atoms with E-state index in [1.54, 1.807) is 6.26 Å². The maximum absolute atomic E-state index is 12.4. The van der Waals surface area contributed by atoms with Crippen LogP contribution in [0.5, 0.6) is 0 Å². The Kier molecular flexibility index (Phi) is 4.49. The second-order valence-electron chi connectivity index (χ2n) is 4.71. The topological polar surface area (TPSA) is 55.4 Å². The molecule has 0 fully saturated rings. The minimum absolute atomic E-state index is 0.0731. The second kappa shape index (κ2) is 6.54. The van der Waals surface area contributed by atoms with Crippen LogP contribution in [0.1, 0.15) is 17.7 Å². The van der Waals surface area contributed by atoms with Gasteiger partial charge < -0.3 is 9.73 Å². The van der Waals surface area contributed by atoms with E-state index >= 15 is 0 Å². The lowest BCUT2D eigenvalue weighted by atomic mass is 10.2. The number of halogens is 3. The van der Waals surface area contributed by atoms with Crippen molar-refractivity contribution in [2.45, 2.75) is 19.4 Å². The molecule has 3 aromatic rings. The zero-order valence-corrected chi connectivity index (χ0v) is 13.0. The van der Waals surface area contributed by atoms with E-state index in [1.165, 1.54) is 4.52 Å². The van der Waals surface area contributed by atoms with Crippen LogP contribution in [0, 0.1) is 0 Å². The number of anilines is 1. The van der Waals surface area contributed by atoms with Crippen molar-refractivity contribution in [1.82, 2.24) is 14.6 Å². The second-order valence-corrected chi connectivity index (χ2v) is 5.41. The number of nitrogens with zero attached hydrogens (tertiary/aromatic N) is 3. The first-order valence-corrected chi connectivity index (χ1v) is 7.50. The number of alkyl halides is 1. The molecule has 3 rings (SSSR count). The third-order valence-electron chi connectivity index (χ3n) is 3.21. The molecule has 3 heterocycles. The molecule has 0 unspecified atom stereocenters. The van der Waals surface area contributed by atoms with E-state index in [9.17, 15) is 4.39 Å². The van der Waals surface area contributed by atoms with Crippen molar-refractivity contribution in [1.29, 1.82) is 0 Å². The first-order chi connectivity index (χ1) is 10.7. The molecule has 0 radical (unpaired) electrons. The summed E-state index contributed by atoms with van der Waals surface area (Å²) >= 11 is 12.2. The molecule has 0 amide bonds. The van der Waals surface area contributed by atoms with Crippen molar-refractivity contribution in [2.24, 2.45) is 0 Å². The van der Waals surface area contributed by atoms with Crippen LogP contribution in [-0.4, -0.2) is 21.3 Å². The van der Waals surface area contributed by atoms with E-state index in [-0.39, 0.29) is 5.28 Å². The summed E-state index contributed by atoms with van der Waals surface area (Å²) in [5.41, 5.74) is 1.51. The summed E-state index contributed by atoms with van der Waals surface area (Å²) in [6, 6.07) is 5.51. The molecule has 0 aliphatic carbocycles. The Hall–Kier alpha value is -1.79. The average molecular weight is 343 g/mol. The Morgan fingerprint density at radius 2 is 2.23 bits per heavy atom. The Morgan fingerprint density at radius 3 is 2.95 bits per heavy atom. The molecule has 0 atom stereocenters. The van der Waals surface area contributed by atoms with Crippen molar-refractivity contribution >= 4 is 34.5 Å². The van der Waals surface area contributed by atoms with Crippen LogP contribution < -0.4 is 5.32 Å². The SMILES string of the molecule is FCCCc1cc2c(NCc3ccco3)nc(Cl)nn2c1Cl. The van der Waals surface area contributed by atoms with E-state index in [4.69, 9.17) is 27.6 Å². The zero-order chi connectivity index (χ0) is 15.5. The molecule has 22 heavy (non-hydrogen) atoms. The Labute approximate surface area is 136 Å². The lowest BCUT2D eigenvalue weighted by Gasteiger charge is -2.06. The molecule has 5 nitrogen and oxygen atoms in total. The molecular formula is C14H13Cl2FN4O. The first-order valence-electron chi connectivity index (χ1n) is 6.75. The van der Waals surface area contributed by atoms with E-state index in [2.05, 4.69) is 15.4 Å². The van der Waals surface area contributed by atoms with E-state index < -0.39 is 6.67 Å². The van der Waals surface area contributed by atoms with Crippen LogP contribution in [0.3, 0.4) is 0 Å². The highest BCUT2D eigenvalue weighted by Crippen LogP contribution is 2.27. The maximum atomic E-state index is 12.4. The van der Waals surface area contributed by atoms with Crippen LogP contribution in [0.15, 0.2) is 28.9 Å². The van der Waals surface area contributed by atoms with Crippen molar-refractivity contribution in [3.63, 3.8) is 0 Å². The minimum atomic E-state index is -0.390. The summed E-state index contributed by atoms with van der Waals surface area (Å²) in [6.07, 6.45) is 2.55. The fraction of sp³-hybridized carbons (Fsp3) is 0.286. The summed E-state index contributed by atoms with van der Waals surface area (Å²) < 4.78 is 19.1. The van der Waals surface area contributed by atoms with E-state index in [1.807, 2.05) is 18.2 Å². The summed E-state index contributed by atoms with van der Waals surface area (Å²) in [6.45, 7) is 0.0666. The Balaban J connectivity index is 1.94. The van der Waals surface area contributed by atoms with Crippen LogP contribution in [0.25, 0.3) is 5.52 Å². The van der Waals surface area contributed by atoms with Gasteiger partial charge in [-0.2, -0.15) is 4.98 Å². The quantitative estimate of drug-likeness (QED) is 0.731. The molecule has 0 aromatic carbocycles. The molecule has 0 saturated carbocycles. The lowest BCUT2D eigenvalue weighted by molar-refractivity contribution is 0.473. The summed E-state index contributed by atoms with van der Waals surface area (Å²) in [7, 11) is 0. The normalized spacial score (nSPS) is 11.2. The number of hydrogen-bond donors (Lipinski definition) is 1. The molecule has 8 heteroatoms. The van der Waals surface area contributed by atoms with Crippen molar-refractivity contribution < 1.29 is 8.81 Å². The predicted molar refractivity (Wildman–Crippen MR) is 83.3 cm³/mol. The molecule has 0 bridgehead atoms. The number of aryl methyl sites for hydroxylation is 1. The third-order valence-corrected chi connectivity index (χ3v) is 3.77. The van der Waals surface area contributed by atoms with Crippen LogP contribution in [0.4, 0.5) is 10.2 Å². The highest BCUT2D eigenvalue weighted by Gasteiger charge is 2.15. The molecule has 0 spiro atoms. The largest absolute Gasteiger partial charge is 0.467 e. The molecule has 3 aromatic heterocycles. The van der Waals surface area contributed by atoms with Gasteiger partial charge in [0, 0.05) is 0 Å². The van der Waals surface area contributed by atoms with Gasteiger partial charge in [0.2, 0.25) is 5.28 Å². The first kappa shape index (κ1) is 15.1. The molecule has 0 aliphatic rings. The van der Waals surface area contributed by atoms with Gasteiger partial charge in [-0.1, -0.05) is 11.6 Å². The Bertz CT molecular complexity index is 773. The summed E-state index contributed by atoms with van der Waals surface area (Å²) in [5, 5.41) is 7.73. The number of hydrogen-bond acceptors (Lipinski definition) is 4. The average Bonchev–Trinajstić information content (AvgIpc) is 3.12. The van der Waals surface area contributed by atoms with Crippen molar-refractivity contribution in [3.05, 3.63) is 46.2 Å². The molecular weight excluding hydrogens is 330 g/mol. The maximum Gasteiger partial charge on any atom is 0.243 e. The molecule has 1 N–H and O–H groups in total. The molecule has 0 saturated heterocycles. The van der Waals surface area contributed by atoms with Gasteiger partial charge in [-0.25, -0.2) is 4.52 Å². The minimum Gasteiger partial charge on any atom is -0.467 e. The summed E-state index contributed by atoms with van der Waals surface area (Å²) in [4.78, 5) is 4.18. The highest BCUT2D eigenvalue weighted by atomic mass is 35.5. The number of rotatable bonds is 6. The number of fused-ring (bicyclic) bond motifs is 1. The molecule has 116 valence electrons. The van der Waals surface area contributed by atoms with Crippen LogP contribution in [0.2, 0.25) is 10.4 Å². The number of nitrogens with one attached hydrogen (secondary N) is 1. The van der Waals surface area contributed by atoms with Gasteiger partial charge in [-0.15, -0.1) is 5.10 Å². The lowest BCUT2D eigenvalue weighted by Crippen LogP contribution is -2.05. The molecule has 0 aliphatic heterocycles. The zero-order valence-electron chi connectivity index (χ0n) is 11.5. The number of furan rings is 1. The van der Waals surface area contributed by atoms with Gasteiger partial charge >= 0.3 is 0 Å². The fourth-order valence-corrected chi connectivity index (χ4v) is 2.63. The fourth-order valence-electron chi connectivity index (χ4n) is 2.20. The standard InChI is InChI=1S/C14H13Cl2FN4O/c15-12-9(3-1-5-17)7-11-13(19-14(16)20-21(11)12)18-8-10-4-2-6-22-10/h2,4,6-7H,1,3,5,8H2,(H,18,19,20). The third kappa shape index (κ3) is 3.03. The number of aromatic nitrogens is 3. The monoisotopic (exact) mass is 342 g/mol. The van der Waals surface area contributed by atoms with Gasteiger partial charge in [0.25, 0.3) is 0 Å². The van der Waals surface area contributed by atoms with Crippen molar-refractivity contribution in [3.8, 4) is 0 Å². The predicted octanol–water partition coefficient (Wildman–Crippen LogP) is 4.14. The highest BCUT2D eigenvalue weighted by molar-refractivity contribution is 6.31. The van der Waals surface area contributed by atoms with Gasteiger partial charge in [-0.3, -0.25) is 4.39 Å². The van der Waals surface area contributed by atoms with E-state index in [0.29, 0.717) is 35.9 Å². The van der Waals surface area contributed by atoms with Gasteiger partial charge in [0.15, 0.2) is 5.82 Å². The van der Waals surface area contributed by atoms with E-state index in [0.717, 1.165) is 11.3 Å². The Morgan fingerprint density at radius 1 is 1.36 bits per heavy atom. The van der Waals surface area contributed by atoms with Gasteiger partial charge in [0.1, 0.15) is 16.4 Å². The van der Waals surface area contributed by atoms with Gasteiger partial charge in [0.05, 0.1) is 19.5 Å². The van der Waals surface area contributed by atoms with Crippen LogP contribution in [-0.2, 0) is 13.0 Å². The summed E-state index contributed by atoms with van der Waals surface area (Å²) in [5.74, 6) is 1.31. The smallest absolute Gasteiger partial charge is 0.243 e.